The fourth-order valence-electron chi connectivity index (χ4n) is 1.65. The van der Waals surface area contributed by atoms with E-state index in [1.165, 1.54) is 13.0 Å². The number of hydrogen-bond donors (Lipinski definition) is 0. The van der Waals surface area contributed by atoms with Crippen molar-refractivity contribution in [2.45, 2.75) is 32.8 Å². The van der Waals surface area contributed by atoms with Gasteiger partial charge in [-0.25, -0.2) is 8.78 Å². The predicted molar refractivity (Wildman–Crippen MR) is 66.7 cm³/mol. The van der Waals surface area contributed by atoms with Gasteiger partial charge in [0.25, 0.3) is 0 Å². The zero-order valence-corrected chi connectivity index (χ0v) is 11.3. The minimum Gasteiger partial charge on any atom is -0.466 e. The van der Waals surface area contributed by atoms with E-state index in [1.54, 1.807) is 6.92 Å². The molecule has 1 aromatic rings. The van der Waals surface area contributed by atoms with Gasteiger partial charge in [-0.3, -0.25) is 9.59 Å². The van der Waals surface area contributed by atoms with E-state index in [1.807, 2.05) is 0 Å². The van der Waals surface area contributed by atoms with Crippen molar-refractivity contribution >= 4 is 11.9 Å². The summed E-state index contributed by atoms with van der Waals surface area (Å²) in [4.78, 5) is 22.5. The predicted octanol–water partition coefficient (Wildman–Crippen LogP) is 2.91. The summed E-state index contributed by atoms with van der Waals surface area (Å²) in [7, 11) is 0. The van der Waals surface area contributed by atoms with Crippen LogP contribution < -0.4 is 0 Å². The molecule has 110 valence electrons. The van der Waals surface area contributed by atoms with Crippen LogP contribution in [0.5, 0.6) is 0 Å². The van der Waals surface area contributed by atoms with Gasteiger partial charge in [-0.05, 0) is 26.0 Å². The van der Waals surface area contributed by atoms with Gasteiger partial charge < -0.3 is 9.47 Å². The lowest BCUT2D eigenvalue weighted by atomic mass is 10.1. The summed E-state index contributed by atoms with van der Waals surface area (Å²) in [5.41, 5.74) is -0.308. The molecule has 0 N–H and O–H groups in total. The second-order valence-electron chi connectivity index (χ2n) is 4.07. The molecule has 1 atom stereocenters. The third-order valence-corrected chi connectivity index (χ3v) is 2.55. The van der Waals surface area contributed by atoms with E-state index in [9.17, 15) is 18.4 Å². The van der Waals surface area contributed by atoms with Gasteiger partial charge in [0.05, 0.1) is 25.0 Å². The van der Waals surface area contributed by atoms with E-state index in [0.717, 1.165) is 12.1 Å². The minimum atomic E-state index is -1.06. The highest BCUT2D eigenvalue weighted by Crippen LogP contribution is 2.23. The van der Waals surface area contributed by atoms with Crippen molar-refractivity contribution in [3.63, 3.8) is 0 Å². The molecule has 0 aliphatic heterocycles. The van der Waals surface area contributed by atoms with Crippen LogP contribution in [0.2, 0.25) is 0 Å². The molecule has 1 unspecified atom stereocenters. The van der Waals surface area contributed by atoms with Crippen molar-refractivity contribution in [3.05, 3.63) is 35.4 Å². The molecule has 6 heteroatoms. The summed E-state index contributed by atoms with van der Waals surface area (Å²) < 4.78 is 36.5. The Morgan fingerprint density at radius 1 is 1.15 bits per heavy atom. The van der Waals surface area contributed by atoms with E-state index >= 15 is 0 Å². The zero-order valence-electron chi connectivity index (χ0n) is 11.3. The number of halogens is 2. The van der Waals surface area contributed by atoms with Gasteiger partial charge in [0.1, 0.15) is 17.7 Å². The first-order valence-corrected chi connectivity index (χ1v) is 6.24. The number of hydrogen-bond acceptors (Lipinski definition) is 4. The Hall–Kier alpha value is -1.98. The molecule has 0 saturated carbocycles. The molecule has 20 heavy (non-hydrogen) atoms. The maximum absolute atomic E-state index is 13.5. The van der Waals surface area contributed by atoms with Crippen molar-refractivity contribution in [1.82, 2.24) is 0 Å². The van der Waals surface area contributed by atoms with Gasteiger partial charge in [0.15, 0.2) is 0 Å². The van der Waals surface area contributed by atoms with E-state index in [0.29, 0.717) is 0 Å². The molecule has 1 rings (SSSR count). The molecular weight excluding hydrogens is 270 g/mol. The monoisotopic (exact) mass is 286 g/mol. The summed E-state index contributed by atoms with van der Waals surface area (Å²) in [6.45, 7) is 3.24. The van der Waals surface area contributed by atoms with E-state index < -0.39 is 29.7 Å². The van der Waals surface area contributed by atoms with Crippen LogP contribution in [0.15, 0.2) is 18.2 Å². The van der Waals surface area contributed by atoms with Gasteiger partial charge >= 0.3 is 11.9 Å². The highest BCUT2D eigenvalue weighted by atomic mass is 19.1. The van der Waals surface area contributed by atoms with Crippen LogP contribution in [-0.4, -0.2) is 18.5 Å². The Balaban J connectivity index is 2.56. The Morgan fingerprint density at radius 3 is 2.25 bits per heavy atom. The largest absolute Gasteiger partial charge is 0.466 e. The molecule has 4 nitrogen and oxygen atoms in total. The van der Waals surface area contributed by atoms with E-state index in [-0.39, 0.29) is 25.0 Å². The molecule has 1 aromatic carbocycles. The number of carbonyl (C=O) groups is 2. The summed E-state index contributed by atoms with van der Waals surface area (Å²) in [5, 5.41) is 0. The SMILES string of the molecule is CCOC(=O)CCC(=O)OC(C)c1c(F)cccc1F. The molecule has 0 saturated heterocycles. The lowest BCUT2D eigenvalue weighted by Crippen LogP contribution is -2.14. The average Bonchev–Trinajstić information content (AvgIpc) is 2.36. The minimum absolute atomic E-state index is 0.126. The Labute approximate surface area is 115 Å². The molecule has 0 amide bonds. The van der Waals surface area contributed by atoms with E-state index in [2.05, 4.69) is 4.74 Å². The highest BCUT2D eigenvalue weighted by molar-refractivity contribution is 5.77. The van der Waals surface area contributed by atoms with Crippen LogP contribution in [-0.2, 0) is 19.1 Å². The molecule has 0 aliphatic rings. The smallest absolute Gasteiger partial charge is 0.306 e. The van der Waals surface area contributed by atoms with Crippen LogP contribution >= 0.6 is 0 Å². The van der Waals surface area contributed by atoms with Gasteiger partial charge in [-0.2, -0.15) is 0 Å². The third-order valence-electron chi connectivity index (χ3n) is 2.55. The van der Waals surface area contributed by atoms with Crippen LogP contribution in [0.1, 0.15) is 38.4 Å². The third kappa shape index (κ3) is 4.60. The summed E-state index contributed by atoms with van der Waals surface area (Å²) in [6, 6.07) is 3.40. The maximum atomic E-state index is 13.5. The first-order chi connectivity index (χ1) is 9.45. The standard InChI is InChI=1S/C14H16F2O4/c1-3-19-12(17)7-8-13(18)20-9(2)14-10(15)5-4-6-11(14)16/h4-6,9H,3,7-8H2,1-2H3. The molecule has 0 aliphatic carbocycles. The molecular formula is C14H16F2O4. The summed E-state index contributed by atoms with van der Waals surface area (Å²) >= 11 is 0. The Morgan fingerprint density at radius 2 is 1.70 bits per heavy atom. The molecule has 0 spiro atoms. The van der Waals surface area contributed by atoms with Crippen molar-refractivity contribution < 1.29 is 27.8 Å². The lowest BCUT2D eigenvalue weighted by molar-refractivity contribution is -0.153. The van der Waals surface area contributed by atoms with Crippen molar-refractivity contribution in [2.75, 3.05) is 6.61 Å². The fraction of sp³-hybridized carbons (Fsp3) is 0.429. The number of carbonyl (C=O) groups excluding carboxylic acids is 2. The fourth-order valence-corrected chi connectivity index (χ4v) is 1.65. The molecule has 0 radical (unpaired) electrons. The van der Waals surface area contributed by atoms with Crippen LogP contribution in [0.4, 0.5) is 8.78 Å². The summed E-state index contributed by atoms with van der Waals surface area (Å²) in [6.07, 6.45) is -1.39. The molecule has 0 fully saturated rings. The molecule has 0 bridgehead atoms. The van der Waals surface area contributed by atoms with E-state index in [4.69, 9.17) is 4.74 Å². The van der Waals surface area contributed by atoms with Crippen molar-refractivity contribution in [3.8, 4) is 0 Å². The van der Waals surface area contributed by atoms with Gasteiger partial charge in [-0.15, -0.1) is 0 Å². The topological polar surface area (TPSA) is 52.6 Å². The first-order valence-electron chi connectivity index (χ1n) is 6.24. The van der Waals surface area contributed by atoms with Gasteiger partial charge in [-0.1, -0.05) is 6.07 Å². The Kier molecular flexibility index (Phi) is 6.09. The average molecular weight is 286 g/mol. The van der Waals surface area contributed by atoms with Crippen LogP contribution in [0.3, 0.4) is 0 Å². The van der Waals surface area contributed by atoms with Crippen LogP contribution in [0, 0.1) is 11.6 Å². The van der Waals surface area contributed by atoms with Gasteiger partial charge in [0, 0.05) is 0 Å². The second kappa shape index (κ2) is 7.57. The highest BCUT2D eigenvalue weighted by Gasteiger charge is 2.20. The lowest BCUT2D eigenvalue weighted by Gasteiger charge is -2.15. The number of esters is 2. The number of benzene rings is 1. The quantitative estimate of drug-likeness (QED) is 0.754. The normalized spacial score (nSPS) is 11.8. The second-order valence-corrected chi connectivity index (χ2v) is 4.07. The zero-order chi connectivity index (χ0) is 15.1. The van der Waals surface area contributed by atoms with Crippen molar-refractivity contribution in [1.29, 1.82) is 0 Å². The van der Waals surface area contributed by atoms with Gasteiger partial charge in [0.2, 0.25) is 0 Å². The number of ether oxygens (including phenoxy) is 2. The van der Waals surface area contributed by atoms with Crippen molar-refractivity contribution in [2.24, 2.45) is 0 Å². The molecule has 0 heterocycles. The number of rotatable bonds is 6. The summed E-state index contributed by atoms with van der Waals surface area (Å²) in [5.74, 6) is -2.80. The molecule has 0 aromatic heterocycles. The Bertz CT molecular complexity index is 468. The maximum Gasteiger partial charge on any atom is 0.306 e. The first kappa shape index (κ1) is 16.1. The van der Waals surface area contributed by atoms with Crippen LogP contribution in [0.25, 0.3) is 0 Å².